The van der Waals surface area contributed by atoms with E-state index in [1.165, 1.54) is 82.1 Å². The lowest BCUT2D eigenvalue weighted by Gasteiger charge is -2.15. The van der Waals surface area contributed by atoms with Crippen LogP contribution in [0.5, 0.6) is 17.4 Å². The molecule has 0 aliphatic carbocycles. The molecule has 1 heterocycles. The van der Waals surface area contributed by atoms with Gasteiger partial charge in [0, 0.05) is 11.6 Å². The van der Waals surface area contributed by atoms with Crippen LogP contribution >= 0.6 is 0 Å². The van der Waals surface area contributed by atoms with Gasteiger partial charge in [-0.05, 0) is 66.7 Å². The Bertz CT molecular complexity index is 1560. The van der Waals surface area contributed by atoms with Crippen LogP contribution in [0.2, 0.25) is 0 Å². The molecule has 0 bridgehead atoms. The molecule has 0 saturated carbocycles. The van der Waals surface area contributed by atoms with Crippen LogP contribution in [-0.4, -0.2) is 43.1 Å². The second kappa shape index (κ2) is 8.96. The van der Waals surface area contributed by atoms with E-state index in [1.807, 2.05) is 0 Å². The number of fused-ring (bicyclic) bond motifs is 1. The van der Waals surface area contributed by atoms with E-state index in [9.17, 15) is 16.8 Å². The van der Waals surface area contributed by atoms with Crippen LogP contribution in [0.1, 0.15) is 0 Å². The van der Waals surface area contributed by atoms with Gasteiger partial charge in [0.1, 0.15) is 11.5 Å². The maximum atomic E-state index is 13.5. The number of benzene rings is 3. The minimum absolute atomic E-state index is 0.00336. The van der Waals surface area contributed by atoms with Crippen molar-refractivity contribution in [3.8, 4) is 17.4 Å². The summed E-state index contributed by atoms with van der Waals surface area (Å²) in [5, 5.41) is 0.257. The van der Waals surface area contributed by atoms with Gasteiger partial charge in [-0.2, -0.15) is 0 Å². The summed E-state index contributed by atoms with van der Waals surface area (Å²) in [5.74, 6) is 1.01. The van der Waals surface area contributed by atoms with Gasteiger partial charge in [-0.1, -0.05) is 0 Å². The molecular formula is C24H21NO7S2. The Morgan fingerprint density at radius 2 is 1.06 bits per heavy atom. The summed E-state index contributed by atoms with van der Waals surface area (Å²) in [6.07, 6.45) is 1.37. The fourth-order valence-corrected chi connectivity index (χ4v) is 6.50. The molecule has 0 N–H and O–H groups in total. The van der Waals surface area contributed by atoms with E-state index in [1.54, 1.807) is 12.1 Å². The van der Waals surface area contributed by atoms with Gasteiger partial charge >= 0.3 is 0 Å². The number of hydrogen-bond acceptors (Lipinski definition) is 8. The van der Waals surface area contributed by atoms with Crippen LogP contribution < -0.4 is 14.2 Å². The predicted octanol–water partition coefficient (Wildman–Crippen LogP) is 3.93. The second-order valence-electron chi connectivity index (χ2n) is 7.16. The molecule has 4 rings (SSSR count). The number of pyridine rings is 1. The highest BCUT2D eigenvalue weighted by atomic mass is 32.2. The minimum Gasteiger partial charge on any atom is -0.497 e. The van der Waals surface area contributed by atoms with E-state index in [2.05, 4.69) is 4.98 Å². The zero-order valence-corrected chi connectivity index (χ0v) is 20.2. The van der Waals surface area contributed by atoms with Crippen molar-refractivity contribution in [3.05, 3.63) is 72.9 Å². The van der Waals surface area contributed by atoms with Crippen molar-refractivity contribution in [1.29, 1.82) is 0 Å². The third-order valence-corrected chi connectivity index (χ3v) is 8.97. The average molecular weight is 500 g/mol. The molecule has 3 aromatic carbocycles. The molecule has 176 valence electrons. The monoisotopic (exact) mass is 499 g/mol. The Labute approximate surface area is 197 Å². The largest absolute Gasteiger partial charge is 0.497 e. The van der Waals surface area contributed by atoms with Gasteiger partial charge in [0.25, 0.3) is 0 Å². The number of hydrogen-bond donors (Lipinski definition) is 0. The van der Waals surface area contributed by atoms with Crippen molar-refractivity contribution in [2.45, 2.75) is 19.6 Å². The fourth-order valence-electron chi connectivity index (χ4n) is 3.59. The standard InChI is InChI=1S/C24H21NO7S2/c1-30-16-4-8-18(9-5-16)33(26,27)21-12-13-22(23-20(21)14-15-25-24(23)32-3)34(28,29)19-10-6-17(31-2)7-11-19/h4-15H,1-3H3. The number of aromatic nitrogens is 1. The first kappa shape index (κ1) is 23.5. The van der Waals surface area contributed by atoms with E-state index in [0.29, 0.717) is 11.5 Å². The predicted molar refractivity (Wildman–Crippen MR) is 125 cm³/mol. The van der Waals surface area contributed by atoms with Gasteiger partial charge in [-0.25, -0.2) is 21.8 Å². The zero-order valence-electron chi connectivity index (χ0n) is 18.5. The third-order valence-electron chi connectivity index (χ3n) is 5.33. The van der Waals surface area contributed by atoms with E-state index in [4.69, 9.17) is 14.2 Å². The molecule has 0 spiro atoms. The van der Waals surface area contributed by atoms with E-state index in [-0.39, 0.29) is 36.2 Å². The summed E-state index contributed by atoms with van der Waals surface area (Å²) in [6.45, 7) is 0. The number of rotatable bonds is 7. The van der Waals surface area contributed by atoms with Crippen LogP contribution in [0.4, 0.5) is 0 Å². The Hall–Kier alpha value is -3.63. The molecule has 0 radical (unpaired) electrons. The Balaban J connectivity index is 1.97. The number of sulfone groups is 2. The SMILES string of the molecule is COc1ccc(S(=O)(=O)c2ccc(S(=O)(=O)c3ccc(OC)cc3)c3c(OC)nccc23)cc1. The summed E-state index contributed by atoms with van der Waals surface area (Å²) in [4.78, 5) is 3.99. The molecule has 0 aliphatic rings. The summed E-state index contributed by atoms with van der Waals surface area (Å²) in [7, 11) is -3.74. The summed E-state index contributed by atoms with van der Waals surface area (Å²) in [5.41, 5.74) is 0. The Kier molecular flexibility index (Phi) is 6.20. The van der Waals surface area contributed by atoms with Gasteiger partial charge in [-0.15, -0.1) is 0 Å². The molecule has 1 aromatic heterocycles. The van der Waals surface area contributed by atoms with E-state index < -0.39 is 19.7 Å². The van der Waals surface area contributed by atoms with Crippen molar-refractivity contribution in [2.75, 3.05) is 21.3 Å². The van der Waals surface area contributed by atoms with Gasteiger partial charge in [-0.3, -0.25) is 0 Å². The first-order valence-electron chi connectivity index (χ1n) is 9.98. The summed E-state index contributed by atoms with van der Waals surface area (Å²) >= 11 is 0. The van der Waals surface area contributed by atoms with Crippen molar-refractivity contribution in [3.63, 3.8) is 0 Å². The van der Waals surface area contributed by atoms with Crippen LogP contribution in [-0.2, 0) is 19.7 Å². The lowest BCUT2D eigenvalue weighted by Crippen LogP contribution is -2.08. The lowest BCUT2D eigenvalue weighted by molar-refractivity contribution is 0.402. The molecule has 10 heteroatoms. The van der Waals surface area contributed by atoms with Crippen LogP contribution in [0.25, 0.3) is 10.8 Å². The number of methoxy groups -OCH3 is 3. The highest BCUT2D eigenvalue weighted by molar-refractivity contribution is 7.92. The smallest absolute Gasteiger partial charge is 0.222 e. The molecule has 34 heavy (non-hydrogen) atoms. The first-order chi connectivity index (χ1) is 16.2. The molecular weight excluding hydrogens is 478 g/mol. The topological polar surface area (TPSA) is 109 Å². The second-order valence-corrected chi connectivity index (χ2v) is 11.0. The van der Waals surface area contributed by atoms with Crippen molar-refractivity contribution >= 4 is 30.4 Å². The lowest BCUT2D eigenvalue weighted by atomic mass is 10.2. The van der Waals surface area contributed by atoms with Crippen LogP contribution in [0, 0.1) is 0 Å². The number of ether oxygens (including phenoxy) is 3. The molecule has 0 saturated heterocycles. The van der Waals surface area contributed by atoms with Gasteiger partial charge in [0.15, 0.2) is 0 Å². The molecule has 0 aliphatic heterocycles. The molecule has 0 unspecified atom stereocenters. The quantitative estimate of drug-likeness (QED) is 0.376. The minimum atomic E-state index is -4.05. The number of nitrogens with zero attached hydrogens (tertiary/aromatic N) is 1. The molecule has 0 amide bonds. The highest BCUT2D eigenvalue weighted by Crippen LogP contribution is 2.38. The first-order valence-corrected chi connectivity index (χ1v) is 12.9. The van der Waals surface area contributed by atoms with E-state index in [0.717, 1.165) is 0 Å². The van der Waals surface area contributed by atoms with Crippen molar-refractivity contribution < 1.29 is 31.0 Å². The average Bonchev–Trinajstić information content (AvgIpc) is 2.87. The van der Waals surface area contributed by atoms with E-state index >= 15 is 0 Å². The van der Waals surface area contributed by atoms with Gasteiger partial charge in [0.05, 0.1) is 46.3 Å². The maximum Gasteiger partial charge on any atom is 0.222 e. The molecule has 4 aromatic rings. The van der Waals surface area contributed by atoms with Gasteiger partial charge in [0.2, 0.25) is 25.6 Å². The van der Waals surface area contributed by atoms with Crippen LogP contribution in [0.15, 0.2) is 92.5 Å². The summed E-state index contributed by atoms with van der Waals surface area (Å²) < 4.78 is 69.6. The fraction of sp³-hybridized carbons (Fsp3) is 0.125. The normalized spacial score (nSPS) is 11.9. The highest BCUT2D eigenvalue weighted by Gasteiger charge is 2.28. The molecule has 0 atom stereocenters. The third kappa shape index (κ3) is 3.95. The maximum absolute atomic E-state index is 13.5. The molecule has 0 fully saturated rings. The zero-order chi connectivity index (χ0) is 24.5. The van der Waals surface area contributed by atoms with Crippen molar-refractivity contribution in [2.24, 2.45) is 0 Å². The van der Waals surface area contributed by atoms with Crippen LogP contribution in [0.3, 0.4) is 0 Å². The Morgan fingerprint density at radius 3 is 1.53 bits per heavy atom. The van der Waals surface area contributed by atoms with Gasteiger partial charge < -0.3 is 14.2 Å². The Morgan fingerprint density at radius 1 is 0.588 bits per heavy atom. The summed E-state index contributed by atoms with van der Waals surface area (Å²) in [6, 6.07) is 15.9. The molecule has 8 nitrogen and oxygen atoms in total. The van der Waals surface area contributed by atoms with Crippen molar-refractivity contribution in [1.82, 2.24) is 4.98 Å².